The van der Waals surface area contributed by atoms with Gasteiger partial charge in [-0.05, 0) is 34.1 Å². The second-order valence-corrected chi connectivity index (χ2v) is 6.03. The van der Waals surface area contributed by atoms with Crippen LogP contribution in [0.25, 0.3) is 0 Å². The van der Waals surface area contributed by atoms with Crippen LogP contribution in [0.5, 0.6) is 0 Å². The van der Waals surface area contributed by atoms with Crippen LogP contribution in [-0.4, -0.2) is 47.7 Å². The van der Waals surface area contributed by atoms with Crippen molar-refractivity contribution in [3.05, 3.63) is 32.7 Å². The molecule has 1 atom stereocenters. The topological polar surface area (TPSA) is 88.2 Å². The zero-order chi connectivity index (χ0) is 14.7. The van der Waals surface area contributed by atoms with Gasteiger partial charge in [0.05, 0.1) is 18.7 Å². The molecular weight excluding hydrogens is 394 g/mol. The lowest BCUT2D eigenvalue weighted by Crippen LogP contribution is -2.50. The summed E-state index contributed by atoms with van der Waals surface area (Å²) < 4.78 is 6.97. The van der Waals surface area contributed by atoms with Crippen molar-refractivity contribution in [2.75, 3.05) is 19.7 Å². The Morgan fingerprint density at radius 2 is 2.25 bits per heavy atom. The quantitative estimate of drug-likeness (QED) is 0.339. The number of hydrogen-bond donors (Lipinski definition) is 2. The highest BCUT2D eigenvalue weighted by Crippen LogP contribution is 2.23. The summed E-state index contributed by atoms with van der Waals surface area (Å²) in [5.41, 5.74) is 6.08. The Bertz CT molecular complexity index is 551. The van der Waals surface area contributed by atoms with E-state index in [0.29, 0.717) is 23.2 Å². The number of rotatable bonds is 2. The molecule has 0 spiro atoms. The van der Waals surface area contributed by atoms with Crippen molar-refractivity contribution in [2.24, 2.45) is 10.9 Å². The highest BCUT2D eigenvalue weighted by Gasteiger charge is 2.28. The largest absolute Gasteiger partial charge is 0.409 e. The van der Waals surface area contributed by atoms with E-state index in [9.17, 15) is 4.79 Å². The first-order chi connectivity index (χ1) is 9.52. The molecule has 8 heteroatoms. The Hall–Kier alpha value is -1.12. The van der Waals surface area contributed by atoms with Crippen molar-refractivity contribution >= 4 is 43.6 Å². The molecule has 2 rings (SSSR count). The van der Waals surface area contributed by atoms with Crippen molar-refractivity contribution in [3.8, 4) is 0 Å². The summed E-state index contributed by atoms with van der Waals surface area (Å²) in [4.78, 5) is 14.1. The molecule has 0 aromatic heterocycles. The molecule has 20 heavy (non-hydrogen) atoms. The lowest BCUT2D eigenvalue weighted by molar-refractivity contribution is 0.00671. The number of amides is 1. The smallest absolute Gasteiger partial charge is 0.255 e. The Balaban J connectivity index is 2.16. The number of benzene rings is 1. The normalized spacial score (nSPS) is 20.0. The van der Waals surface area contributed by atoms with Crippen LogP contribution >= 0.6 is 31.9 Å². The predicted octanol–water partition coefficient (Wildman–Crippen LogP) is 1.80. The van der Waals surface area contributed by atoms with Crippen LogP contribution in [-0.2, 0) is 4.74 Å². The van der Waals surface area contributed by atoms with Gasteiger partial charge in [0.15, 0.2) is 5.84 Å². The minimum atomic E-state index is -0.577. The summed E-state index contributed by atoms with van der Waals surface area (Å²) in [5, 5.41) is 11.6. The number of hydrogen-bond acceptors (Lipinski definition) is 4. The second kappa shape index (κ2) is 6.55. The van der Waals surface area contributed by atoms with E-state index in [-0.39, 0.29) is 18.3 Å². The Morgan fingerprint density at radius 1 is 1.50 bits per heavy atom. The van der Waals surface area contributed by atoms with Gasteiger partial charge in [-0.2, -0.15) is 0 Å². The summed E-state index contributed by atoms with van der Waals surface area (Å²) in [5.74, 6) is -0.152. The van der Waals surface area contributed by atoms with Gasteiger partial charge in [-0.15, -0.1) is 0 Å². The molecule has 1 aromatic rings. The van der Waals surface area contributed by atoms with Crippen molar-refractivity contribution in [2.45, 2.75) is 6.10 Å². The van der Waals surface area contributed by atoms with Gasteiger partial charge in [-0.1, -0.05) is 21.1 Å². The first-order valence-corrected chi connectivity index (χ1v) is 7.45. The number of halogens is 2. The number of carbonyl (C=O) groups is 1. The van der Waals surface area contributed by atoms with E-state index in [2.05, 4.69) is 37.0 Å². The van der Waals surface area contributed by atoms with Crippen molar-refractivity contribution in [1.29, 1.82) is 0 Å². The number of ether oxygens (including phenoxy) is 1. The van der Waals surface area contributed by atoms with E-state index in [4.69, 9.17) is 15.7 Å². The standard InChI is InChI=1S/C12H13Br2N3O3/c13-7-1-2-8(9(14)5-7)12(18)17-3-4-20-10(6-17)11(15)16-19/h1-2,5,10,19H,3-4,6H2,(H2,15,16). The molecule has 1 unspecified atom stereocenters. The van der Waals surface area contributed by atoms with Gasteiger partial charge in [0.2, 0.25) is 0 Å². The number of nitrogens with zero attached hydrogens (tertiary/aromatic N) is 2. The highest BCUT2D eigenvalue weighted by molar-refractivity contribution is 9.11. The fourth-order valence-corrected chi connectivity index (χ4v) is 3.13. The molecular formula is C12H13Br2N3O3. The maximum Gasteiger partial charge on any atom is 0.255 e. The molecule has 1 saturated heterocycles. The Labute approximate surface area is 132 Å². The number of carbonyl (C=O) groups excluding carboxylic acids is 1. The monoisotopic (exact) mass is 405 g/mol. The van der Waals surface area contributed by atoms with E-state index in [1.54, 1.807) is 17.0 Å². The molecule has 0 bridgehead atoms. The summed E-state index contributed by atoms with van der Waals surface area (Å²) in [6.07, 6.45) is -0.577. The van der Waals surface area contributed by atoms with Crippen LogP contribution in [0.4, 0.5) is 0 Å². The molecule has 1 aliphatic rings. The number of nitrogens with two attached hydrogens (primary N) is 1. The van der Waals surface area contributed by atoms with Crippen LogP contribution in [0.15, 0.2) is 32.3 Å². The van der Waals surface area contributed by atoms with Gasteiger partial charge >= 0.3 is 0 Å². The molecule has 0 radical (unpaired) electrons. The SMILES string of the molecule is N/C(=N/O)C1CN(C(=O)c2ccc(Br)cc2Br)CCO1. The van der Waals surface area contributed by atoms with E-state index in [0.717, 1.165) is 4.47 Å². The molecule has 1 amide bonds. The van der Waals surface area contributed by atoms with E-state index < -0.39 is 6.10 Å². The van der Waals surface area contributed by atoms with Crippen LogP contribution in [0, 0.1) is 0 Å². The van der Waals surface area contributed by atoms with Gasteiger partial charge in [0.25, 0.3) is 5.91 Å². The predicted molar refractivity (Wildman–Crippen MR) is 80.9 cm³/mol. The third-order valence-corrected chi connectivity index (χ3v) is 4.11. The second-order valence-electron chi connectivity index (χ2n) is 4.26. The maximum absolute atomic E-state index is 12.5. The van der Waals surface area contributed by atoms with Crippen molar-refractivity contribution in [1.82, 2.24) is 4.90 Å². The number of morpholine rings is 1. The van der Waals surface area contributed by atoms with Crippen LogP contribution in [0.3, 0.4) is 0 Å². The molecule has 1 heterocycles. The van der Waals surface area contributed by atoms with Gasteiger partial charge in [0, 0.05) is 15.5 Å². The molecule has 0 aliphatic carbocycles. The third kappa shape index (κ3) is 3.31. The Kier molecular flexibility index (Phi) is 5.00. The van der Waals surface area contributed by atoms with E-state index in [1.165, 1.54) is 0 Å². The molecule has 1 aliphatic heterocycles. The van der Waals surface area contributed by atoms with Gasteiger partial charge in [-0.3, -0.25) is 4.79 Å². The average Bonchev–Trinajstić information content (AvgIpc) is 2.46. The lowest BCUT2D eigenvalue weighted by atomic mass is 10.1. The average molecular weight is 407 g/mol. The molecule has 1 fully saturated rings. The summed E-state index contributed by atoms with van der Waals surface area (Å²) >= 11 is 6.72. The fourth-order valence-electron chi connectivity index (χ4n) is 1.91. The van der Waals surface area contributed by atoms with Gasteiger partial charge in [-0.25, -0.2) is 0 Å². The third-order valence-electron chi connectivity index (χ3n) is 2.96. The maximum atomic E-state index is 12.5. The zero-order valence-electron chi connectivity index (χ0n) is 10.4. The lowest BCUT2D eigenvalue weighted by Gasteiger charge is -2.32. The molecule has 1 aromatic carbocycles. The van der Waals surface area contributed by atoms with Crippen molar-refractivity contribution < 1.29 is 14.7 Å². The Morgan fingerprint density at radius 3 is 2.90 bits per heavy atom. The first kappa shape index (κ1) is 15.3. The summed E-state index contributed by atoms with van der Waals surface area (Å²) in [6, 6.07) is 5.36. The van der Waals surface area contributed by atoms with Crippen LogP contribution in [0.1, 0.15) is 10.4 Å². The van der Waals surface area contributed by atoms with E-state index >= 15 is 0 Å². The number of oxime groups is 1. The molecule has 3 N–H and O–H groups in total. The zero-order valence-corrected chi connectivity index (χ0v) is 13.6. The fraction of sp³-hybridized carbons (Fsp3) is 0.333. The van der Waals surface area contributed by atoms with Crippen molar-refractivity contribution in [3.63, 3.8) is 0 Å². The summed E-state index contributed by atoms with van der Waals surface area (Å²) in [7, 11) is 0. The molecule has 108 valence electrons. The highest BCUT2D eigenvalue weighted by atomic mass is 79.9. The minimum absolute atomic E-state index is 0.0302. The molecule has 6 nitrogen and oxygen atoms in total. The molecule has 0 saturated carbocycles. The minimum Gasteiger partial charge on any atom is -0.409 e. The first-order valence-electron chi connectivity index (χ1n) is 5.86. The van der Waals surface area contributed by atoms with E-state index in [1.807, 2.05) is 6.07 Å². The van der Waals surface area contributed by atoms with Crippen LogP contribution in [0.2, 0.25) is 0 Å². The summed E-state index contributed by atoms with van der Waals surface area (Å²) in [6.45, 7) is 1.08. The van der Waals surface area contributed by atoms with Gasteiger partial charge in [0.1, 0.15) is 6.10 Å². The number of amidine groups is 1. The van der Waals surface area contributed by atoms with Gasteiger partial charge < -0.3 is 20.6 Å². The van der Waals surface area contributed by atoms with Crippen LogP contribution < -0.4 is 5.73 Å².